The lowest BCUT2D eigenvalue weighted by Gasteiger charge is -2.20. The van der Waals surface area contributed by atoms with E-state index in [1.807, 2.05) is 6.26 Å². The van der Waals surface area contributed by atoms with Crippen LogP contribution in [-0.2, 0) is 4.79 Å². The highest BCUT2D eigenvalue weighted by Gasteiger charge is 2.26. The van der Waals surface area contributed by atoms with Crippen molar-refractivity contribution in [3.63, 3.8) is 0 Å². The van der Waals surface area contributed by atoms with Crippen molar-refractivity contribution in [1.29, 1.82) is 0 Å². The van der Waals surface area contributed by atoms with Crippen molar-refractivity contribution in [2.75, 3.05) is 12.0 Å². The Bertz CT molecular complexity index is 299. The standard InChI is InChI=1S/C12H22N2O3S/c1-8-4-3-5-9(8)13-12(17)14-10(11(15)16)6-7-18-2/h8-10H,3-7H2,1-2H3,(H,15,16)(H2,13,14,17). The minimum absolute atomic E-state index is 0.181. The molecule has 1 aliphatic rings. The Labute approximate surface area is 112 Å². The van der Waals surface area contributed by atoms with Gasteiger partial charge < -0.3 is 15.7 Å². The summed E-state index contributed by atoms with van der Waals surface area (Å²) in [5.74, 6) is 0.223. The summed E-state index contributed by atoms with van der Waals surface area (Å²) in [4.78, 5) is 22.7. The minimum Gasteiger partial charge on any atom is -0.480 e. The van der Waals surface area contributed by atoms with Gasteiger partial charge in [0.25, 0.3) is 0 Å². The van der Waals surface area contributed by atoms with E-state index in [1.54, 1.807) is 11.8 Å². The fraction of sp³-hybridized carbons (Fsp3) is 0.833. The second-order valence-corrected chi connectivity index (χ2v) is 5.79. The van der Waals surface area contributed by atoms with Crippen molar-refractivity contribution < 1.29 is 14.7 Å². The van der Waals surface area contributed by atoms with E-state index < -0.39 is 12.0 Å². The maximum Gasteiger partial charge on any atom is 0.326 e. The van der Waals surface area contributed by atoms with E-state index in [0.717, 1.165) is 25.0 Å². The van der Waals surface area contributed by atoms with Gasteiger partial charge in [-0.05, 0) is 37.2 Å². The molecule has 0 heterocycles. The number of carboxylic acid groups (broad SMARTS) is 1. The highest BCUT2D eigenvalue weighted by molar-refractivity contribution is 7.98. The number of nitrogens with one attached hydrogen (secondary N) is 2. The molecule has 1 fully saturated rings. The molecule has 1 rings (SSSR count). The van der Waals surface area contributed by atoms with Gasteiger partial charge in [-0.2, -0.15) is 11.8 Å². The second kappa shape index (κ2) is 7.51. The van der Waals surface area contributed by atoms with Crippen LogP contribution in [0.15, 0.2) is 0 Å². The zero-order valence-electron chi connectivity index (χ0n) is 10.9. The lowest BCUT2D eigenvalue weighted by molar-refractivity contribution is -0.139. The third kappa shape index (κ3) is 4.76. The van der Waals surface area contributed by atoms with Gasteiger partial charge in [-0.3, -0.25) is 0 Å². The highest BCUT2D eigenvalue weighted by Crippen LogP contribution is 2.24. The van der Waals surface area contributed by atoms with Crippen molar-refractivity contribution in [3.05, 3.63) is 0 Å². The van der Waals surface area contributed by atoms with Crippen LogP contribution in [0.2, 0.25) is 0 Å². The number of amides is 2. The average Bonchev–Trinajstić information content (AvgIpc) is 2.70. The van der Waals surface area contributed by atoms with E-state index in [-0.39, 0.29) is 12.1 Å². The smallest absolute Gasteiger partial charge is 0.326 e. The number of rotatable bonds is 6. The number of thioether (sulfide) groups is 1. The molecule has 104 valence electrons. The Morgan fingerprint density at radius 2 is 2.17 bits per heavy atom. The van der Waals surface area contributed by atoms with E-state index in [0.29, 0.717) is 12.3 Å². The first kappa shape index (κ1) is 15.1. The Morgan fingerprint density at radius 1 is 1.44 bits per heavy atom. The van der Waals surface area contributed by atoms with Gasteiger partial charge in [0.15, 0.2) is 0 Å². The van der Waals surface area contributed by atoms with Crippen LogP contribution in [0.5, 0.6) is 0 Å². The molecule has 6 heteroatoms. The number of aliphatic carboxylic acids is 1. The maximum atomic E-state index is 11.7. The van der Waals surface area contributed by atoms with Crippen molar-refractivity contribution >= 4 is 23.8 Å². The van der Waals surface area contributed by atoms with Crippen LogP contribution in [0.4, 0.5) is 4.79 Å². The summed E-state index contributed by atoms with van der Waals surface area (Å²) >= 11 is 1.57. The predicted molar refractivity (Wildman–Crippen MR) is 72.9 cm³/mol. The lowest BCUT2D eigenvalue weighted by atomic mass is 10.1. The first-order chi connectivity index (χ1) is 8.54. The minimum atomic E-state index is -0.973. The summed E-state index contributed by atoms with van der Waals surface area (Å²) in [5.41, 5.74) is 0. The van der Waals surface area contributed by atoms with Crippen molar-refractivity contribution in [1.82, 2.24) is 10.6 Å². The summed E-state index contributed by atoms with van der Waals surface area (Å²) in [7, 11) is 0. The van der Waals surface area contributed by atoms with Gasteiger partial charge in [0.1, 0.15) is 6.04 Å². The highest BCUT2D eigenvalue weighted by atomic mass is 32.2. The molecule has 0 aromatic heterocycles. The summed E-state index contributed by atoms with van der Waals surface area (Å²) in [5, 5.41) is 14.4. The number of hydrogen-bond acceptors (Lipinski definition) is 3. The SMILES string of the molecule is CSCCC(NC(=O)NC1CCCC1C)C(=O)O. The fourth-order valence-electron chi connectivity index (χ4n) is 2.22. The van der Waals surface area contributed by atoms with E-state index >= 15 is 0 Å². The molecule has 0 bridgehead atoms. The topological polar surface area (TPSA) is 78.4 Å². The fourth-order valence-corrected chi connectivity index (χ4v) is 2.69. The molecule has 0 saturated heterocycles. The molecule has 1 aliphatic carbocycles. The molecule has 0 aromatic carbocycles. The number of carbonyl (C=O) groups is 2. The Hall–Kier alpha value is -0.910. The predicted octanol–water partition coefficient (Wildman–Crippen LogP) is 1.68. The van der Waals surface area contributed by atoms with Crippen LogP contribution in [-0.4, -0.2) is 41.2 Å². The summed E-state index contributed by atoms with van der Waals surface area (Å²) in [6, 6.07) is -0.976. The molecule has 2 amide bonds. The molecule has 3 N–H and O–H groups in total. The summed E-state index contributed by atoms with van der Waals surface area (Å²) < 4.78 is 0. The van der Waals surface area contributed by atoms with E-state index in [2.05, 4.69) is 17.6 Å². The van der Waals surface area contributed by atoms with Gasteiger partial charge in [0.2, 0.25) is 0 Å². The van der Waals surface area contributed by atoms with Crippen LogP contribution in [0.1, 0.15) is 32.6 Å². The second-order valence-electron chi connectivity index (χ2n) is 4.80. The van der Waals surface area contributed by atoms with Gasteiger partial charge in [0.05, 0.1) is 0 Å². The van der Waals surface area contributed by atoms with Gasteiger partial charge in [-0.25, -0.2) is 9.59 Å². The van der Waals surface area contributed by atoms with E-state index in [1.165, 1.54) is 0 Å². The van der Waals surface area contributed by atoms with Crippen LogP contribution in [0.25, 0.3) is 0 Å². The normalized spacial score (nSPS) is 24.6. The van der Waals surface area contributed by atoms with Gasteiger partial charge >= 0.3 is 12.0 Å². The zero-order valence-corrected chi connectivity index (χ0v) is 11.8. The van der Waals surface area contributed by atoms with Crippen LogP contribution in [0.3, 0.4) is 0 Å². The molecule has 5 nitrogen and oxygen atoms in total. The molecule has 0 aliphatic heterocycles. The molecule has 0 spiro atoms. The van der Waals surface area contributed by atoms with Crippen LogP contribution >= 0.6 is 11.8 Å². The molecule has 1 saturated carbocycles. The number of carbonyl (C=O) groups excluding carboxylic acids is 1. The monoisotopic (exact) mass is 274 g/mol. The van der Waals surface area contributed by atoms with Crippen LogP contribution in [0, 0.1) is 5.92 Å². The first-order valence-corrected chi connectivity index (χ1v) is 7.72. The van der Waals surface area contributed by atoms with E-state index in [4.69, 9.17) is 5.11 Å². The molecular formula is C12H22N2O3S. The Kier molecular flexibility index (Phi) is 6.32. The number of urea groups is 1. The lowest BCUT2D eigenvalue weighted by Crippen LogP contribution is -2.49. The van der Waals surface area contributed by atoms with Crippen LogP contribution < -0.4 is 10.6 Å². The number of carboxylic acids is 1. The van der Waals surface area contributed by atoms with Crippen molar-refractivity contribution in [3.8, 4) is 0 Å². The molecule has 18 heavy (non-hydrogen) atoms. The molecule has 0 aromatic rings. The maximum absolute atomic E-state index is 11.7. The average molecular weight is 274 g/mol. The molecule has 3 atom stereocenters. The Morgan fingerprint density at radius 3 is 2.67 bits per heavy atom. The molecular weight excluding hydrogens is 252 g/mol. The first-order valence-electron chi connectivity index (χ1n) is 6.33. The van der Waals surface area contributed by atoms with Gasteiger partial charge in [-0.15, -0.1) is 0 Å². The largest absolute Gasteiger partial charge is 0.480 e. The van der Waals surface area contributed by atoms with Crippen molar-refractivity contribution in [2.45, 2.75) is 44.7 Å². The summed E-state index contributed by atoms with van der Waals surface area (Å²) in [6.45, 7) is 2.11. The van der Waals surface area contributed by atoms with Gasteiger partial charge in [-0.1, -0.05) is 13.3 Å². The van der Waals surface area contributed by atoms with Crippen molar-refractivity contribution in [2.24, 2.45) is 5.92 Å². The Balaban J connectivity index is 2.38. The molecule has 0 radical (unpaired) electrons. The zero-order chi connectivity index (χ0) is 13.5. The third-order valence-corrected chi connectivity index (χ3v) is 4.04. The quantitative estimate of drug-likeness (QED) is 0.688. The molecule has 3 unspecified atom stereocenters. The number of hydrogen-bond donors (Lipinski definition) is 3. The van der Waals surface area contributed by atoms with E-state index in [9.17, 15) is 9.59 Å². The van der Waals surface area contributed by atoms with Gasteiger partial charge in [0, 0.05) is 6.04 Å². The third-order valence-electron chi connectivity index (χ3n) is 3.39. The summed E-state index contributed by atoms with van der Waals surface area (Å²) in [6.07, 6.45) is 5.60.